The van der Waals surface area contributed by atoms with E-state index in [0.717, 1.165) is 31.8 Å². The maximum absolute atomic E-state index is 6.41. The maximum atomic E-state index is 6.41. The van der Waals surface area contributed by atoms with Crippen molar-refractivity contribution in [2.24, 2.45) is 0 Å². The van der Waals surface area contributed by atoms with Crippen LogP contribution in [0.4, 0.5) is 0 Å². The molecule has 0 amide bonds. The highest BCUT2D eigenvalue weighted by Gasteiger charge is 2.30. The van der Waals surface area contributed by atoms with E-state index in [0.29, 0.717) is 0 Å². The van der Waals surface area contributed by atoms with Gasteiger partial charge in [0.1, 0.15) is 11.9 Å². The highest BCUT2D eigenvalue weighted by molar-refractivity contribution is 5.92. The van der Waals surface area contributed by atoms with Crippen LogP contribution in [0.15, 0.2) is 36.7 Å². The molecule has 0 N–H and O–H groups in total. The molecule has 3 aromatic rings. The third kappa shape index (κ3) is 1.99. The zero-order valence-electron chi connectivity index (χ0n) is 14.1. The Balaban J connectivity index is 1.72. The van der Waals surface area contributed by atoms with Gasteiger partial charge in [0.25, 0.3) is 0 Å². The number of rotatable bonds is 1. The number of nitrogens with zero attached hydrogens (tertiary/aromatic N) is 3. The summed E-state index contributed by atoms with van der Waals surface area (Å²) in [6.07, 6.45) is 4.86. The van der Waals surface area contributed by atoms with Gasteiger partial charge < -0.3 is 14.2 Å². The van der Waals surface area contributed by atoms with Gasteiger partial charge in [-0.15, -0.1) is 0 Å². The number of benzene rings is 1. The Morgan fingerprint density at radius 2 is 2.04 bits per heavy atom. The highest BCUT2D eigenvalue weighted by atomic mass is 16.5. The van der Waals surface area contributed by atoms with Crippen LogP contribution in [0, 0.1) is 6.92 Å². The number of pyridine rings is 1. The van der Waals surface area contributed by atoms with Crippen molar-refractivity contribution in [3.05, 3.63) is 59.0 Å². The molecule has 2 aromatic heterocycles. The van der Waals surface area contributed by atoms with E-state index in [2.05, 4.69) is 52.7 Å². The van der Waals surface area contributed by atoms with Gasteiger partial charge in [-0.25, -0.2) is 0 Å². The van der Waals surface area contributed by atoms with Crippen molar-refractivity contribution in [2.45, 2.75) is 32.5 Å². The van der Waals surface area contributed by atoms with Crippen molar-refractivity contribution in [2.75, 3.05) is 13.6 Å². The summed E-state index contributed by atoms with van der Waals surface area (Å²) in [4.78, 5) is 6.55. The fourth-order valence-electron chi connectivity index (χ4n) is 4.21. The van der Waals surface area contributed by atoms with Crippen LogP contribution < -0.4 is 4.74 Å². The van der Waals surface area contributed by atoms with Gasteiger partial charge in [0.2, 0.25) is 0 Å². The molecular weight excluding hydrogens is 298 g/mol. The topological polar surface area (TPSA) is 30.3 Å². The molecule has 1 unspecified atom stereocenters. The quantitative estimate of drug-likeness (QED) is 0.688. The first-order valence-corrected chi connectivity index (χ1v) is 8.60. The lowest BCUT2D eigenvalue weighted by atomic mass is 10.0. The first-order chi connectivity index (χ1) is 11.7. The minimum absolute atomic E-state index is 0.0571. The van der Waals surface area contributed by atoms with Gasteiger partial charge in [0.15, 0.2) is 0 Å². The van der Waals surface area contributed by atoms with Crippen LogP contribution in [0.5, 0.6) is 5.75 Å². The van der Waals surface area contributed by atoms with Gasteiger partial charge in [-0.3, -0.25) is 4.98 Å². The summed E-state index contributed by atoms with van der Waals surface area (Å²) >= 11 is 0. The lowest BCUT2D eigenvalue weighted by molar-refractivity contribution is 0.171. The van der Waals surface area contributed by atoms with Crippen LogP contribution in [0.1, 0.15) is 28.5 Å². The van der Waals surface area contributed by atoms with E-state index in [9.17, 15) is 0 Å². The molecular formula is C20H21N3O. The lowest BCUT2D eigenvalue weighted by Crippen LogP contribution is -2.28. The smallest absolute Gasteiger partial charge is 0.144 e. The van der Waals surface area contributed by atoms with Crippen LogP contribution >= 0.6 is 0 Å². The Bertz CT molecular complexity index is 929. The second-order valence-electron chi connectivity index (χ2n) is 7.07. The molecule has 24 heavy (non-hydrogen) atoms. The van der Waals surface area contributed by atoms with E-state index in [1.54, 1.807) is 0 Å². The predicted molar refractivity (Wildman–Crippen MR) is 94.3 cm³/mol. The van der Waals surface area contributed by atoms with Crippen molar-refractivity contribution < 1.29 is 4.74 Å². The van der Waals surface area contributed by atoms with Crippen LogP contribution in [-0.2, 0) is 19.5 Å². The van der Waals surface area contributed by atoms with Gasteiger partial charge >= 0.3 is 0 Å². The normalized spacial score (nSPS) is 20.0. The first kappa shape index (κ1) is 14.1. The van der Waals surface area contributed by atoms with Gasteiger partial charge in [-0.05, 0) is 54.9 Å². The molecule has 0 fully saturated rings. The van der Waals surface area contributed by atoms with Crippen molar-refractivity contribution in [3.8, 4) is 5.75 Å². The van der Waals surface area contributed by atoms with E-state index in [1.165, 1.54) is 33.3 Å². The second kappa shape index (κ2) is 5.08. The number of hydrogen-bond acceptors (Lipinski definition) is 3. The molecule has 1 atom stereocenters. The lowest BCUT2D eigenvalue weighted by Gasteiger charge is -2.29. The molecule has 4 nitrogen and oxygen atoms in total. The molecule has 4 heteroatoms. The maximum Gasteiger partial charge on any atom is 0.144 e. The Labute approximate surface area is 141 Å². The Hall–Kier alpha value is -2.33. The van der Waals surface area contributed by atoms with E-state index >= 15 is 0 Å². The fraction of sp³-hybridized carbons (Fsp3) is 0.350. The molecule has 1 aromatic carbocycles. The Morgan fingerprint density at radius 1 is 1.21 bits per heavy atom. The minimum Gasteiger partial charge on any atom is -0.482 e. The van der Waals surface area contributed by atoms with Crippen LogP contribution in [0.2, 0.25) is 0 Å². The van der Waals surface area contributed by atoms with E-state index in [1.807, 2.05) is 12.4 Å². The zero-order valence-corrected chi connectivity index (χ0v) is 14.1. The SMILES string of the molecule is Cc1cc2c3c(c1)c1c(n3CC(c3ccncc3)O2)CCN(C)C1. The third-order valence-electron chi connectivity index (χ3n) is 5.34. The molecule has 0 saturated carbocycles. The molecule has 122 valence electrons. The molecule has 0 spiro atoms. The molecule has 2 aliphatic heterocycles. The van der Waals surface area contributed by atoms with Crippen molar-refractivity contribution >= 4 is 10.9 Å². The van der Waals surface area contributed by atoms with Crippen LogP contribution in [0.3, 0.4) is 0 Å². The van der Waals surface area contributed by atoms with Crippen LogP contribution in [0.25, 0.3) is 10.9 Å². The molecule has 5 rings (SSSR count). The summed E-state index contributed by atoms with van der Waals surface area (Å²) in [5.41, 5.74) is 6.73. The average molecular weight is 319 g/mol. The van der Waals surface area contributed by atoms with Gasteiger partial charge in [0, 0.05) is 43.0 Å². The molecule has 0 aliphatic carbocycles. The average Bonchev–Trinajstić information content (AvgIpc) is 2.90. The van der Waals surface area contributed by atoms with E-state index in [-0.39, 0.29) is 6.10 Å². The summed E-state index contributed by atoms with van der Waals surface area (Å²) in [5.74, 6) is 1.02. The fourth-order valence-corrected chi connectivity index (χ4v) is 4.21. The highest BCUT2D eigenvalue weighted by Crippen LogP contribution is 2.42. The molecule has 0 saturated heterocycles. The number of aryl methyl sites for hydroxylation is 1. The Kier molecular flexibility index (Phi) is 2.98. The van der Waals surface area contributed by atoms with Gasteiger partial charge in [-0.2, -0.15) is 0 Å². The van der Waals surface area contributed by atoms with Gasteiger partial charge in [0.05, 0.1) is 12.1 Å². The number of fused-ring (bicyclic) bond motifs is 3. The number of likely N-dealkylation sites (N-methyl/N-ethyl adjacent to an activating group) is 1. The zero-order chi connectivity index (χ0) is 16.3. The minimum atomic E-state index is 0.0571. The summed E-state index contributed by atoms with van der Waals surface area (Å²) in [7, 11) is 2.21. The number of aromatic nitrogens is 2. The third-order valence-corrected chi connectivity index (χ3v) is 5.34. The summed E-state index contributed by atoms with van der Waals surface area (Å²) in [6.45, 7) is 5.20. The monoisotopic (exact) mass is 319 g/mol. The molecule has 2 aliphatic rings. The first-order valence-electron chi connectivity index (χ1n) is 8.60. The predicted octanol–water partition coefficient (Wildman–Crippen LogP) is 3.47. The van der Waals surface area contributed by atoms with E-state index < -0.39 is 0 Å². The molecule has 0 radical (unpaired) electrons. The summed E-state index contributed by atoms with van der Waals surface area (Å²) < 4.78 is 8.93. The van der Waals surface area contributed by atoms with Crippen LogP contribution in [-0.4, -0.2) is 28.0 Å². The van der Waals surface area contributed by atoms with Crippen molar-refractivity contribution in [1.82, 2.24) is 14.5 Å². The summed E-state index contributed by atoms with van der Waals surface area (Å²) in [6, 6.07) is 8.63. The standard InChI is InChI=1S/C20H21N3O/c1-13-9-15-16-11-22(2)8-5-17(16)23-12-19(14-3-6-21-7-4-14)24-18(10-13)20(15)23/h3-4,6-7,9-10,19H,5,8,11-12H2,1-2H3. The largest absolute Gasteiger partial charge is 0.482 e. The molecule has 0 bridgehead atoms. The summed E-state index contributed by atoms with van der Waals surface area (Å²) in [5, 5.41) is 1.37. The van der Waals surface area contributed by atoms with E-state index in [4.69, 9.17) is 4.74 Å². The van der Waals surface area contributed by atoms with Gasteiger partial charge in [-0.1, -0.05) is 0 Å². The number of hydrogen-bond donors (Lipinski definition) is 0. The van der Waals surface area contributed by atoms with Crippen molar-refractivity contribution in [1.29, 1.82) is 0 Å². The molecule has 4 heterocycles. The van der Waals surface area contributed by atoms with Crippen molar-refractivity contribution in [3.63, 3.8) is 0 Å². The number of ether oxygens (including phenoxy) is 1. The second-order valence-corrected chi connectivity index (χ2v) is 7.07. The Morgan fingerprint density at radius 3 is 2.88 bits per heavy atom.